The van der Waals surface area contributed by atoms with Crippen LogP contribution >= 0.6 is 11.6 Å². The fourth-order valence-electron chi connectivity index (χ4n) is 3.62. The van der Waals surface area contributed by atoms with Gasteiger partial charge in [0.1, 0.15) is 0 Å². The molecule has 130 valence electrons. The Bertz CT molecular complexity index is 603. The Morgan fingerprint density at radius 3 is 2.17 bits per heavy atom. The molecule has 2 amide bonds. The number of carbonyl (C=O) groups excluding carboxylic acids is 2. The van der Waals surface area contributed by atoms with Gasteiger partial charge in [-0.2, -0.15) is 0 Å². The van der Waals surface area contributed by atoms with Crippen LogP contribution in [-0.2, 0) is 4.79 Å². The summed E-state index contributed by atoms with van der Waals surface area (Å²) in [5.41, 5.74) is 0.550. The van der Waals surface area contributed by atoms with Crippen LogP contribution in [0.2, 0.25) is 5.02 Å². The van der Waals surface area contributed by atoms with Crippen molar-refractivity contribution in [2.45, 2.75) is 32.6 Å². The molecule has 2 saturated heterocycles. The van der Waals surface area contributed by atoms with Crippen LogP contribution in [0.1, 0.15) is 43.0 Å². The van der Waals surface area contributed by atoms with Gasteiger partial charge in [0.05, 0.1) is 10.6 Å². The summed E-state index contributed by atoms with van der Waals surface area (Å²) in [6.07, 6.45) is 3.72. The summed E-state index contributed by atoms with van der Waals surface area (Å²) in [5.74, 6) is 1.04. The highest BCUT2D eigenvalue weighted by Gasteiger charge is 2.32. The van der Waals surface area contributed by atoms with Crippen molar-refractivity contribution in [2.24, 2.45) is 11.8 Å². The lowest BCUT2D eigenvalue weighted by molar-refractivity contribution is -0.138. The molecule has 0 radical (unpaired) electrons. The van der Waals surface area contributed by atoms with E-state index in [-0.39, 0.29) is 17.7 Å². The predicted octanol–water partition coefficient (Wildman–Crippen LogP) is 3.45. The summed E-state index contributed by atoms with van der Waals surface area (Å²) in [5, 5.41) is 0.489. The summed E-state index contributed by atoms with van der Waals surface area (Å²) in [6.45, 7) is 5.29. The van der Waals surface area contributed by atoms with Gasteiger partial charge in [-0.3, -0.25) is 9.59 Å². The lowest BCUT2D eigenvalue weighted by atomic mass is 9.92. The summed E-state index contributed by atoms with van der Waals surface area (Å²) in [4.78, 5) is 29.1. The standard InChI is InChI=1S/C19H25ClN2O2/c1-14-6-10-21(11-7-14)18(23)15-8-12-22(13-9-15)19(24)16-4-2-3-5-17(16)20/h2-5,14-15H,6-13H2,1H3. The van der Waals surface area contributed by atoms with Gasteiger partial charge in [-0.25, -0.2) is 0 Å². The van der Waals surface area contributed by atoms with Gasteiger partial charge in [0.25, 0.3) is 5.91 Å². The minimum Gasteiger partial charge on any atom is -0.342 e. The highest BCUT2D eigenvalue weighted by molar-refractivity contribution is 6.33. The van der Waals surface area contributed by atoms with E-state index in [1.165, 1.54) is 0 Å². The first kappa shape index (κ1) is 17.3. The summed E-state index contributed by atoms with van der Waals surface area (Å²) >= 11 is 6.12. The molecule has 2 fully saturated rings. The molecule has 5 heteroatoms. The van der Waals surface area contributed by atoms with Crippen LogP contribution in [0, 0.1) is 11.8 Å². The first-order valence-electron chi connectivity index (χ1n) is 8.89. The first-order chi connectivity index (χ1) is 11.6. The normalized spacial score (nSPS) is 20.2. The van der Waals surface area contributed by atoms with E-state index in [1.807, 2.05) is 21.9 Å². The monoisotopic (exact) mass is 348 g/mol. The third-order valence-corrected chi connectivity index (χ3v) is 5.66. The molecular weight excluding hydrogens is 324 g/mol. The summed E-state index contributed by atoms with van der Waals surface area (Å²) in [7, 11) is 0. The van der Waals surface area contributed by atoms with Crippen LogP contribution in [0.4, 0.5) is 0 Å². The van der Waals surface area contributed by atoms with Crippen LogP contribution in [0.25, 0.3) is 0 Å². The topological polar surface area (TPSA) is 40.6 Å². The van der Waals surface area contributed by atoms with Crippen LogP contribution in [0.3, 0.4) is 0 Å². The largest absolute Gasteiger partial charge is 0.342 e. The van der Waals surface area contributed by atoms with Crippen molar-refractivity contribution < 1.29 is 9.59 Å². The number of benzene rings is 1. The number of carbonyl (C=O) groups is 2. The highest BCUT2D eigenvalue weighted by Crippen LogP contribution is 2.25. The molecule has 0 N–H and O–H groups in total. The van der Waals surface area contributed by atoms with Crippen molar-refractivity contribution in [3.63, 3.8) is 0 Å². The van der Waals surface area contributed by atoms with E-state index in [1.54, 1.807) is 12.1 Å². The van der Waals surface area contributed by atoms with Crippen LogP contribution in [-0.4, -0.2) is 47.8 Å². The van der Waals surface area contributed by atoms with Crippen molar-refractivity contribution in [3.8, 4) is 0 Å². The van der Waals surface area contributed by atoms with Gasteiger partial charge in [0, 0.05) is 32.1 Å². The van der Waals surface area contributed by atoms with Gasteiger partial charge < -0.3 is 9.80 Å². The molecule has 0 spiro atoms. The molecule has 0 unspecified atom stereocenters. The maximum atomic E-state index is 12.7. The number of likely N-dealkylation sites (tertiary alicyclic amines) is 2. The van der Waals surface area contributed by atoms with Crippen molar-refractivity contribution in [1.29, 1.82) is 0 Å². The molecule has 1 aromatic carbocycles. The molecule has 2 heterocycles. The molecule has 4 nitrogen and oxygen atoms in total. The van der Waals surface area contributed by atoms with E-state index < -0.39 is 0 Å². The van der Waals surface area contributed by atoms with Crippen molar-refractivity contribution in [1.82, 2.24) is 9.80 Å². The van der Waals surface area contributed by atoms with Gasteiger partial charge in [-0.15, -0.1) is 0 Å². The second-order valence-electron chi connectivity index (χ2n) is 7.05. The van der Waals surface area contributed by atoms with E-state index in [0.29, 0.717) is 23.7 Å². The van der Waals surface area contributed by atoms with E-state index in [2.05, 4.69) is 6.92 Å². The lowest BCUT2D eigenvalue weighted by Crippen LogP contribution is -2.46. The van der Waals surface area contributed by atoms with E-state index in [4.69, 9.17) is 11.6 Å². The number of amides is 2. The molecular formula is C19H25ClN2O2. The van der Waals surface area contributed by atoms with Crippen molar-refractivity contribution in [2.75, 3.05) is 26.2 Å². The third kappa shape index (κ3) is 3.75. The van der Waals surface area contributed by atoms with Gasteiger partial charge in [-0.05, 0) is 43.7 Å². The van der Waals surface area contributed by atoms with Crippen molar-refractivity contribution >= 4 is 23.4 Å². The number of rotatable bonds is 2. The van der Waals surface area contributed by atoms with Gasteiger partial charge in [-0.1, -0.05) is 30.7 Å². The van der Waals surface area contributed by atoms with E-state index >= 15 is 0 Å². The molecule has 3 rings (SSSR count). The Balaban J connectivity index is 1.55. The Morgan fingerprint density at radius 2 is 1.54 bits per heavy atom. The minimum absolute atomic E-state index is 0.0294. The van der Waals surface area contributed by atoms with Crippen LogP contribution in [0.5, 0.6) is 0 Å². The molecule has 24 heavy (non-hydrogen) atoms. The fraction of sp³-hybridized carbons (Fsp3) is 0.579. The summed E-state index contributed by atoms with van der Waals surface area (Å²) in [6, 6.07) is 7.15. The molecule has 0 aromatic heterocycles. The van der Waals surface area contributed by atoms with E-state index in [9.17, 15) is 9.59 Å². The van der Waals surface area contributed by atoms with Gasteiger partial charge >= 0.3 is 0 Å². The smallest absolute Gasteiger partial charge is 0.255 e. The molecule has 2 aliphatic rings. The maximum absolute atomic E-state index is 12.7. The Kier molecular flexibility index (Phi) is 5.44. The maximum Gasteiger partial charge on any atom is 0.255 e. The quantitative estimate of drug-likeness (QED) is 0.821. The molecule has 0 atom stereocenters. The molecule has 0 bridgehead atoms. The van der Waals surface area contributed by atoms with E-state index in [0.717, 1.165) is 44.7 Å². The lowest BCUT2D eigenvalue weighted by Gasteiger charge is -2.36. The van der Waals surface area contributed by atoms with Gasteiger partial charge in [0.15, 0.2) is 0 Å². The Hall–Kier alpha value is -1.55. The highest BCUT2D eigenvalue weighted by atomic mass is 35.5. The number of hydrogen-bond acceptors (Lipinski definition) is 2. The Labute approximate surface area is 148 Å². The number of halogens is 1. The average Bonchev–Trinajstić information content (AvgIpc) is 2.62. The first-order valence-corrected chi connectivity index (χ1v) is 9.26. The van der Waals surface area contributed by atoms with Crippen LogP contribution in [0.15, 0.2) is 24.3 Å². The number of hydrogen-bond donors (Lipinski definition) is 0. The zero-order valence-corrected chi connectivity index (χ0v) is 15.0. The number of piperidine rings is 2. The zero-order valence-electron chi connectivity index (χ0n) is 14.2. The molecule has 2 aliphatic heterocycles. The molecule has 0 saturated carbocycles. The Morgan fingerprint density at radius 1 is 0.958 bits per heavy atom. The van der Waals surface area contributed by atoms with Crippen LogP contribution < -0.4 is 0 Å². The zero-order chi connectivity index (χ0) is 17.1. The average molecular weight is 349 g/mol. The second-order valence-corrected chi connectivity index (χ2v) is 7.46. The summed E-state index contributed by atoms with van der Waals surface area (Å²) < 4.78 is 0. The van der Waals surface area contributed by atoms with Crippen molar-refractivity contribution in [3.05, 3.63) is 34.9 Å². The van der Waals surface area contributed by atoms with Gasteiger partial charge in [0.2, 0.25) is 5.91 Å². The molecule has 1 aromatic rings. The number of nitrogens with zero attached hydrogens (tertiary/aromatic N) is 2. The fourth-order valence-corrected chi connectivity index (χ4v) is 3.84. The third-order valence-electron chi connectivity index (χ3n) is 5.33. The second kappa shape index (κ2) is 7.56. The minimum atomic E-state index is -0.0294. The predicted molar refractivity (Wildman–Crippen MR) is 95.1 cm³/mol. The SMILES string of the molecule is CC1CCN(C(=O)C2CCN(C(=O)c3ccccc3Cl)CC2)CC1. The molecule has 0 aliphatic carbocycles.